The molecule has 0 spiro atoms. The lowest BCUT2D eigenvalue weighted by molar-refractivity contribution is 0.146. The topological polar surface area (TPSA) is 35.6 Å². The molecule has 1 heterocycles. The second kappa shape index (κ2) is 9.62. The van der Waals surface area contributed by atoms with E-state index in [1.807, 2.05) is 24.1 Å². The molecular formula is C19H30FN3O. The first-order chi connectivity index (χ1) is 11.6. The highest BCUT2D eigenvalue weighted by molar-refractivity contribution is 5.73. The van der Waals surface area contributed by atoms with Gasteiger partial charge in [0.1, 0.15) is 5.82 Å². The Labute approximate surface area is 145 Å². The third-order valence-electron chi connectivity index (χ3n) is 4.64. The zero-order chi connectivity index (χ0) is 17.4. The summed E-state index contributed by atoms with van der Waals surface area (Å²) in [6, 6.07) is 6.81. The van der Waals surface area contributed by atoms with Gasteiger partial charge in [0.05, 0.1) is 0 Å². The zero-order valence-electron chi connectivity index (χ0n) is 14.9. The van der Waals surface area contributed by atoms with E-state index < -0.39 is 0 Å². The van der Waals surface area contributed by atoms with Gasteiger partial charge in [0.15, 0.2) is 0 Å². The summed E-state index contributed by atoms with van der Waals surface area (Å²) < 4.78 is 12.9. The maximum atomic E-state index is 12.9. The summed E-state index contributed by atoms with van der Waals surface area (Å²) in [5.74, 6) is 0.352. The highest BCUT2D eigenvalue weighted by Gasteiger charge is 2.22. The van der Waals surface area contributed by atoms with Crippen molar-refractivity contribution >= 4 is 6.03 Å². The Hall–Kier alpha value is -1.62. The Morgan fingerprint density at radius 2 is 2.12 bits per heavy atom. The van der Waals surface area contributed by atoms with Crippen LogP contribution < -0.4 is 5.32 Å². The number of likely N-dealkylation sites (tertiary alicyclic amines) is 1. The molecule has 0 saturated carbocycles. The van der Waals surface area contributed by atoms with E-state index in [4.69, 9.17) is 0 Å². The van der Waals surface area contributed by atoms with Crippen LogP contribution in [0.3, 0.4) is 0 Å². The average Bonchev–Trinajstić information content (AvgIpc) is 2.59. The summed E-state index contributed by atoms with van der Waals surface area (Å²) in [6.45, 7) is 6.74. The normalized spacial score (nSPS) is 18.4. The van der Waals surface area contributed by atoms with Crippen molar-refractivity contribution < 1.29 is 9.18 Å². The lowest BCUT2D eigenvalue weighted by atomic mass is 9.97. The van der Waals surface area contributed by atoms with Crippen LogP contribution in [0.5, 0.6) is 0 Å². The summed E-state index contributed by atoms with van der Waals surface area (Å²) in [4.78, 5) is 16.2. The minimum atomic E-state index is -0.179. The SMILES string of the molecule is CCCNC(=O)N(C)CC1CCCN(CCc2ccc(F)cc2)C1. The molecule has 1 N–H and O–H groups in total. The van der Waals surface area contributed by atoms with Crippen LogP contribution in [0.15, 0.2) is 24.3 Å². The lowest BCUT2D eigenvalue weighted by Crippen LogP contribution is -2.45. The standard InChI is InChI=1S/C19H30FN3O/c1-3-11-21-19(24)22(2)14-17-5-4-12-23(15-17)13-10-16-6-8-18(20)9-7-16/h6-9,17H,3-5,10-15H2,1-2H3,(H,21,24). The van der Waals surface area contributed by atoms with Crippen LogP contribution in [-0.4, -0.2) is 55.6 Å². The molecular weight excluding hydrogens is 305 g/mol. The van der Waals surface area contributed by atoms with Crippen LogP contribution in [0.2, 0.25) is 0 Å². The Morgan fingerprint density at radius 1 is 1.38 bits per heavy atom. The molecule has 1 aliphatic rings. The monoisotopic (exact) mass is 335 g/mol. The van der Waals surface area contributed by atoms with Crippen molar-refractivity contribution in [3.63, 3.8) is 0 Å². The number of carbonyl (C=O) groups excluding carboxylic acids is 1. The van der Waals surface area contributed by atoms with E-state index in [0.717, 1.165) is 45.6 Å². The summed E-state index contributed by atoms with van der Waals surface area (Å²) >= 11 is 0. The molecule has 5 heteroatoms. The van der Waals surface area contributed by atoms with Gasteiger partial charge in [-0.3, -0.25) is 0 Å². The number of benzene rings is 1. The molecule has 1 aromatic carbocycles. The number of urea groups is 1. The predicted molar refractivity (Wildman–Crippen MR) is 95.6 cm³/mol. The maximum Gasteiger partial charge on any atom is 0.317 e. The number of nitrogens with zero attached hydrogens (tertiary/aromatic N) is 2. The molecule has 4 nitrogen and oxygen atoms in total. The van der Waals surface area contributed by atoms with Gasteiger partial charge in [-0.15, -0.1) is 0 Å². The summed E-state index contributed by atoms with van der Waals surface area (Å²) in [5, 5.41) is 2.93. The number of hydrogen-bond acceptors (Lipinski definition) is 2. The predicted octanol–water partition coefficient (Wildman–Crippen LogP) is 3.13. The molecule has 2 rings (SSSR count). The van der Waals surface area contributed by atoms with Crippen LogP contribution in [0.25, 0.3) is 0 Å². The third kappa shape index (κ3) is 6.11. The quantitative estimate of drug-likeness (QED) is 0.831. The molecule has 0 radical (unpaired) electrons. The third-order valence-corrected chi connectivity index (χ3v) is 4.64. The maximum absolute atomic E-state index is 12.9. The number of carbonyl (C=O) groups is 1. The summed E-state index contributed by atoms with van der Waals surface area (Å²) in [5.41, 5.74) is 1.18. The fraction of sp³-hybridized carbons (Fsp3) is 0.632. The van der Waals surface area contributed by atoms with Crippen molar-refractivity contribution in [2.45, 2.75) is 32.6 Å². The van der Waals surface area contributed by atoms with Gasteiger partial charge < -0.3 is 15.1 Å². The minimum Gasteiger partial charge on any atom is -0.338 e. The number of amides is 2. The van der Waals surface area contributed by atoms with Crippen molar-refractivity contribution in [3.05, 3.63) is 35.6 Å². The van der Waals surface area contributed by atoms with Crippen LogP contribution >= 0.6 is 0 Å². The molecule has 0 aliphatic carbocycles. The van der Waals surface area contributed by atoms with Gasteiger partial charge in [-0.2, -0.15) is 0 Å². The fourth-order valence-corrected chi connectivity index (χ4v) is 3.28. The van der Waals surface area contributed by atoms with Crippen LogP contribution in [0, 0.1) is 11.7 Å². The Kier molecular flexibility index (Phi) is 7.50. The first-order valence-corrected chi connectivity index (χ1v) is 9.04. The van der Waals surface area contributed by atoms with Crippen LogP contribution in [-0.2, 0) is 6.42 Å². The van der Waals surface area contributed by atoms with Crippen molar-refractivity contribution in [2.75, 3.05) is 39.8 Å². The van der Waals surface area contributed by atoms with E-state index in [1.165, 1.54) is 30.5 Å². The number of rotatable bonds is 7. The molecule has 0 aromatic heterocycles. The van der Waals surface area contributed by atoms with Gasteiger partial charge >= 0.3 is 6.03 Å². The molecule has 1 unspecified atom stereocenters. The number of piperidine rings is 1. The Bertz CT molecular complexity index is 506. The van der Waals surface area contributed by atoms with E-state index in [9.17, 15) is 9.18 Å². The van der Waals surface area contributed by atoms with Gasteiger partial charge in [0, 0.05) is 33.2 Å². The van der Waals surface area contributed by atoms with Gasteiger partial charge in [-0.05, 0) is 55.8 Å². The highest BCUT2D eigenvalue weighted by atomic mass is 19.1. The molecule has 24 heavy (non-hydrogen) atoms. The molecule has 134 valence electrons. The van der Waals surface area contributed by atoms with Gasteiger partial charge in [0.2, 0.25) is 0 Å². The largest absolute Gasteiger partial charge is 0.338 e. The van der Waals surface area contributed by atoms with E-state index in [0.29, 0.717) is 5.92 Å². The number of halogens is 1. The van der Waals surface area contributed by atoms with E-state index >= 15 is 0 Å². The molecule has 1 fully saturated rings. The van der Waals surface area contributed by atoms with Crippen molar-refractivity contribution in [2.24, 2.45) is 5.92 Å². The van der Waals surface area contributed by atoms with Gasteiger partial charge in [-0.25, -0.2) is 9.18 Å². The lowest BCUT2D eigenvalue weighted by Gasteiger charge is -2.34. The summed E-state index contributed by atoms with van der Waals surface area (Å²) in [6.07, 6.45) is 4.26. The first-order valence-electron chi connectivity index (χ1n) is 9.04. The fourth-order valence-electron chi connectivity index (χ4n) is 3.28. The molecule has 1 saturated heterocycles. The van der Waals surface area contributed by atoms with Crippen LogP contribution in [0.4, 0.5) is 9.18 Å². The Morgan fingerprint density at radius 3 is 2.83 bits per heavy atom. The van der Waals surface area contributed by atoms with E-state index in [2.05, 4.69) is 17.1 Å². The zero-order valence-corrected chi connectivity index (χ0v) is 14.9. The molecule has 1 aliphatic heterocycles. The number of hydrogen-bond donors (Lipinski definition) is 1. The van der Waals surface area contributed by atoms with Gasteiger partial charge in [-0.1, -0.05) is 19.1 Å². The van der Waals surface area contributed by atoms with Crippen molar-refractivity contribution in [1.82, 2.24) is 15.1 Å². The highest BCUT2D eigenvalue weighted by Crippen LogP contribution is 2.18. The van der Waals surface area contributed by atoms with Crippen molar-refractivity contribution in [1.29, 1.82) is 0 Å². The van der Waals surface area contributed by atoms with Gasteiger partial charge in [0.25, 0.3) is 0 Å². The summed E-state index contributed by atoms with van der Waals surface area (Å²) in [7, 11) is 1.88. The molecule has 1 aromatic rings. The Balaban J connectivity index is 1.74. The number of nitrogens with one attached hydrogen (secondary N) is 1. The first kappa shape index (κ1) is 18.7. The molecule has 2 amide bonds. The van der Waals surface area contributed by atoms with E-state index in [1.54, 1.807) is 0 Å². The van der Waals surface area contributed by atoms with E-state index in [-0.39, 0.29) is 11.8 Å². The smallest absolute Gasteiger partial charge is 0.317 e. The second-order valence-electron chi connectivity index (χ2n) is 6.80. The van der Waals surface area contributed by atoms with Crippen molar-refractivity contribution in [3.8, 4) is 0 Å². The second-order valence-corrected chi connectivity index (χ2v) is 6.80. The van der Waals surface area contributed by atoms with Crippen LogP contribution in [0.1, 0.15) is 31.7 Å². The molecule has 0 bridgehead atoms. The molecule has 1 atom stereocenters. The minimum absolute atomic E-state index is 0.0280. The average molecular weight is 335 g/mol.